The fourth-order valence-electron chi connectivity index (χ4n) is 1.65. The van der Waals surface area contributed by atoms with Crippen LogP contribution in [0.5, 0.6) is 0 Å². The van der Waals surface area contributed by atoms with Gasteiger partial charge in [0.05, 0.1) is 0 Å². The molecule has 0 aliphatic heterocycles. The topological polar surface area (TPSA) is 17.1 Å². The molecule has 0 N–H and O–H groups in total. The van der Waals surface area contributed by atoms with Crippen molar-refractivity contribution in [1.29, 1.82) is 0 Å². The molecule has 1 unspecified atom stereocenters. The zero-order valence-electron chi connectivity index (χ0n) is 6.98. The highest BCUT2D eigenvalue weighted by atomic mass is 79.9. The molecular weight excluding hydrogens is 204 g/mol. The second-order valence-electron chi connectivity index (χ2n) is 3.38. The van der Waals surface area contributed by atoms with Crippen LogP contribution in [0.3, 0.4) is 0 Å². The number of hydrogen-bond donors (Lipinski definition) is 0. The maximum atomic E-state index is 11.3. The van der Waals surface area contributed by atoms with Gasteiger partial charge in [0.2, 0.25) is 0 Å². The molecule has 1 nitrogen and oxygen atoms in total. The number of halogens is 1. The van der Waals surface area contributed by atoms with Gasteiger partial charge in [-0.1, -0.05) is 21.5 Å². The van der Waals surface area contributed by atoms with Gasteiger partial charge >= 0.3 is 0 Å². The third kappa shape index (κ3) is 1.41. The van der Waals surface area contributed by atoms with Gasteiger partial charge in [-0.2, -0.15) is 0 Å². The van der Waals surface area contributed by atoms with E-state index in [0.29, 0.717) is 5.78 Å². The Morgan fingerprint density at radius 2 is 2.36 bits per heavy atom. The number of allylic oxidation sites excluding steroid dienone is 1. The normalized spacial score (nSPS) is 34.6. The van der Waals surface area contributed by atoms with Gasteiger partial charge < -0.3 is 0 Å². The maximum Gasteiger partial charge on any atom is 0.139 e. The Bertz CT molecular complexity index is 208. The van der Waals surface area contributed by atoms with Crippen molar-refractivity contribution in [2.75, 3.05) is 0 Å². The van der Waals surface area contributed by atoms with Gasteiger partial charge in [0.15, 0.2) is 0 Å². The van der Waals surface area contributed by atoms with E-state index in [2.05, 4.69) is 15.9 Å². The average Bonchev–Trinajstić information content (AvgIpc) is 2.32. The highest BCUT2D eigenvalue weighted by Gasteiger charge is 2.37. The summed E-state index contributed by atoms with van der Waals surface area (Å²) in [5.74, 6) is 0.292. The molecule has 1 saturated carbocycles. The van der Waals surface area contributed by atoms with E-state index >= 15 is 0 Å². The lowest BCUT2D eigenvalue weighted by Gasteiger charge is -2.21. The molecule has 0 aromatic heterocycles. The fraction of sp³-hybridized carbons (Fsp3) is 0.667. The molecule has 0 heterocycles. The summed E-state index contributed by atoms with van der Waals surface area (Å²) < 4.78 is 0. The first-order valence-electron chi connectivity index (χ1n) is 3.92. The average molecular weight is 217 g/mol. The summed E-state index contributed by atoms with van der Waals surface area (Å²) >= 11 is 3.31. The van der Waals surface area contributed by atoms with Crippen molar-refractivity contribution in [2.24, 2.45) is 5.41 Å². The van der Waals surface area contributed by atoms with Gasteiger partial charge in [-0.15, -0.1) is 0 Å². The third-order valence-corrected chi connectivity index (χ3v) is 3.29. The Kier molecular flexibility index (Phi) is 2.53. The number of carbonyl (C=O) groups is 1. The fourth-order valence-corrected chi connectivity index (χ4v) is 2.38. The zero-order chi connectivity index (χ0) is 8.48. The molecule has 0 bridgehead atoms. The van der Waals surface area contributed by atoms with Crippen LogP contribution < -0.4 is 0 Å². The van der Waals surface area contributed by atoms with E-state index in [1.807, 2.05) is 11.9 Å². The molecule has 0 saturated heterocycles. The lowest BCUT2D eigenvalue weighted by atomic mass is 9.82. The molecule has 11 heavy (non-hydrogen) atoms. The molecule has 1 aliphatic rings. The van der Waals surface area contributed by atoms with Crippen molar-refractivity contribution in [2.45, 2.75) is 33.1 Å². The quantitative estimate of drug-likeness (QED) is 0.659. The Balaban J connectivity index is 2.93. The van der Waals surface area contributed by atoms with E-state index in [1.54, 1.807) is 6.92 Å². The molecule has 1 fully saturated rings. The number of carbonyl (C=O) groups excluding carboxylic acids is 1. The predicted molar refractivity (Wildman–Crippen MR) is 49.6 cm³/mol. The van der Waals surface area contributed by atoms with Gasteiger partial charge in [0.25, 0.3) is 0 Å². The van der Waals surface area contributed by atoms with Crippen molar-refractivity contribution in [3.05, 3.63) is 10.6 Å². The molecule has 0 radical (unpaired) electrons. The SMILES string of the molecule is CC(=O)C1(C)CCC/C1=C/Br. The zero-order valence-corrected chi connectivity index (χ0v) is 8.57. The second kappa shape index (κ2) is 3.10. The molecular formula is C9H13BrO. The molecule has 1 rings (SSSR count). The van der Waals surface area contributed by atoms with Crippen LogP contribution in [0, 0.1) is 5.41 Å². The Labute approximate surface area is 76.0 Å². The highest BCUT2D eigenvalue weighted by Crippen LogP contribution is 2.43. The number of rotatable bonds is 1. The Morgan fingerprint density at radius 3 is 2.73 bits per heavy atom. The van der Waals surface area contributed by atoms with Crippen molar-refractivity contribution in [3.8, 4) is 0 Å². The van der Waals surface area contributed by atoms with Gasteiger partial charge in [-0.05, 0) is 38.1 Å². The first kappa shape index (κ1) is 8.98. The lowest BCUT2D eigenvalue weighted by molar-refractivity contribution is -0.123. The molecule has 2 heteroatoms. The molecule has 0 aromatic carbocycles. The predicted octanol–water partition coefficient (Wildman–Crippen LogP) is 3.04. The van der Waals surface area contributed by atoms with Crippen LogP contribution in [0.2, 0.25) is 0 Å². The van der Waals surface area contributed by atoms with E-state index in [9.17, 15) is 4.79 Å². The summed E-state index contributed by atoms with van der Waals surface area (Å²) in [6.07, 6.45) is 3.23. The van der Waals surface area contributed by atoms with Gasteiger partial charge in [0.1, 0.15) is 5.78 Å². The first-order valence-corrected chi connectivity index (χ1v) is 4.83. The minimum absolute atomic E-state index is 0.163. The van der Waals surface area contributed by atoms with E-state index in [1.165, 1.54) is 5.57 Å². The summed E-state index contributed by atoms with van der Waals surface area (Å²) in [7, 11) is 0. The van der Waals surface area contributed by atoms with Crippen LogP contribution in [-0.4, -0.2) is 5.78 Å². The molecule has 1 aliphatic carbocycles. The minimum atomic E-state index is -0.163. The molecule has 1 atom stereocenters. The highest BCUT2D eigenvalue weighted by molar-refractivity contribution is 9.11. The second-order valence-corrected chi connectivity index (χ2v) is 3.83. The van der Waals surface area contributed by atoms with Crippen molar-refractivity contribution in [1.82, 2.24) is 0 Å². The van der Waals surface area contributed by atoms with Gasteiger partial charge in [-0.25, -0.2) is 0 Å². The van der Waals surface area contributed by atoms with Crippen molar-refractivity contribution >= 4 is 21.7 Å². The third-order valence-electron chi connectivity index (χ3n) is 2.74. The summed E-state index contributed by atoms with van der Waals surface area (Å²) in [6.45, 7) is 3.72. The molecule has 0 amide bonds. The molecule has 62 valence electrons. The minimum Gasteiger partial charge on any atom is -0.299 e. The Hall–Kier alpha value is -0.110. The van der Waals surface area contributed by atoms with Crippen LogP contribution in [-0.2, 0) is 4.79 Å². The van der Waals surface area contributed by atoms with Crippen molar-refractivity contribution in [3.63, 3.8) is 0 Å². The number of hydrogen-bond acceptors (Lipinski definition) is 1. The van der Waals surface area contributed by atoms with Gasteiger partial charge in [0, 0.05) is 5.41 Å². The van der Waals surface area contributed by atoms with Crippen LogP contribution >= 0.6 is 15.9 Å². The molecule has 0 aromatic rings. The standard InChI is InChI=1S/C9H13BrO/c1-7(11)9(2)5-3-4-8(9)6-10/h6H,3-5H2,1-2H3/b8-6-. The number of Topliss-reactive ketones (excluding diaryl/α,β-unsaturated/α-hetero) is 1. The number of ketones is 1. The smallest absolute Gasteiger partial charge is 0.139 e. The van der Waals surface area contributed by atoms with E-state index < -0.39 is 0 Å². The monoisotopic (exact) mass is 216 g/mol. The lowest BCUT2D eigenvalue weighted by Crippen LogP contribution is -2.23. The van der Waals surface area contributed by atoms with Gasteiger partial charge in [-0.3, -0.25) is 4.79 Å². The molecule has 0 spiro atoms. The summed E-state index contributed by atoms with van der Waals surface area (Å²) in [5.41, 5.74) is 1.09. The van der Waals surface area contributed by atoms with Crippen LogP contribution in [0.4, 0.5) is 0 Å². The van der Waals surface area contributed by atoms with E-state index in [4.69, 9.17) is 0 Å². The summed E-state index contributed by atoms with van der Waals surface area (Å²) in [5, 5.41) is 0. The summed E-state index contributed by atoms with van der Waals surface area (Å²) in [4.78, 5) is 13.2. The summed E-state index contributed by atoms with van der Waals surface area (Å²) in [6, 6.07) is 0. The Morgan fingerprint density at radius 1 is 1.73 bits per heavy atom. The largest absolute Gasteiger partial charge is 0.299 e. The van der Waals surface area contributed by atoms with Crippen molar-refractivity contribution < 1.29 is 4.79 Å². The van der Waals surface area contributed by atoms with Crippen LogP contribution in [0.25, 0.3) is 0 Å². The first-order chi connectivity index (χ1) is 5.11. The maximum absolute atomic E-state index is 11.3. The van der Waals surface area contributed by atoms with E-state index in [0.717, 1.165) is 19.3 Å². The van der Waals surface area contributed by atoms with Crippen LogP contribution in [0.1, 0.15) is 33.1 Å². The van der Waals surface area contributed by atoms with E-state index in [-0.39, 0.29) is 5.41 Å². The van der Waals surface area contributed by atoms with Crippen LogP contribution in [0.15, 0.2) is 10.6 Å².